The van der Waals surface area contributed by atoms with Crippen LogP contribution in [0.5, 0.6) is 0 Å². The molecule has 1 aromatic heterocycles. The van der Waals surface area contributed by atoms with Gasteiger partial charge >= 0.3 is 6.03 Å². The summed E-state index contributed by atoms with van der Waals surface area (Å²) < 4.78 is 0. The average Bonchev–Trinajstić information content (AvgIpc) is 2.91. The van der Waals surface area contributed by atoms with Gasteiger partial charge in [0.2, 0.25) is 0 Å². The van der Waals surface area contributed by atoms with Crippen molar-refractivity contribution in [3.05, 3.63) is 52.2 Å². The number of hydrogen-bond donors (Lipinski definition) is 3. The van der Waals surface area contributed by atoms with Gasteiger partial charge in [0.15, 0.2) is 0 Å². The van der Waals surface area contributed by atoms with E-state index in [1.165, 1.54) is 4.88 Å². The predicted octanol–water partition coefficient (Wildman–Crippen LogP) is 3.55. The van der Waals surface area contributed by atoms with Crippen molar-refractivity contribution < 1.29 is 9.90 Å². The summed E-state index contributed by atoms with van der Waals surface area (Å²) in [5, 5.41) is 17.2. The minimum Gasteiger partial charge on any atom is -0.389 e. The third kappa shape index (κ3) is 4.88. The molecule has 2 rings (SSSR count). The van der Waals surface area contributed by atoms with E-state index in [-0.39, 0.29) is 12.1 Å². The first-order valence-electron chi connectivity index (χ1n) is 6.92. The highest BCUT2D eigenvalue weighted by Gasteiger charge is 2.09. The van der Waals surface area contributed by atoms with E-state index in [4.69, 9.17) is 0 Å². The van der Waals surface area contributed by atoms with E-state index in [2.05, 4.69) is 16.7 Å². The number of hydrogen-bond acceptors (Lipinski definition) is 3. The summed E-state index contributed by atoms with van der Waals surface area (Å²) in [5.41, 5.74) is 1.53. The Morgan fingerprint density at radius 3 is 2.52 bits per heavy atom. The molecule has 0 aliphatic carbocycles. The molecule has 21 heavy (non-hydrogen) atoms. The van der Waals surface area contributed by atoms with Crippen LogP contribution in [0, 0.1) is 0 Å². The molecular formula is C16H20N2O2S. The summed E-state index contributed by atoms with van der Waals surface area (Å²) in [6.45, 7) is 3.69. The second kappa shape index (κ2) is 7.24. The van der Waals surface area contributed by atoms with Crippen LogP contribution in [0.25, 0.3) is 0 Å². The molecule has 0 aliphatic rings. The van der Waals surface area contributed by atoms with Gasteiger partial charge in [-0.05, 0) is 43.0 Å². The number of rotatable bonds is 5. The van der Waals surface area contributed by atoms with Crippen LogP contribution in [0.1, 0.15) is 30.4 Å². The number of urea groups is 1. The van der Waals surface area contributed by atoms with Crippen LogP contribution < -0.4 is 10.6 Å². The van der Waals surface area contributed by atoms with Gasteiger partial charge in [-0.25, -0.2) is 4.79 Å². The van der Waals surface area contributed by atoms with E-state index >= 15 is 0 Å². The number of amides is 2. The smallest absolute Gasteiger partial charge is 0.319 e. The van der Waals surface area contributed by atoms with Gasteiger partial charge in [0.25, 0.3) is 0 Å². The molecular weight excluding hydrogens is 284 g/mol. The van der Waals surface area contributed by atoms with Crippen molar-refractivity contribution >= 4 is 23.1 Å². The number of carbonyl (C=O) groups is 1. The molecule has 4 nitrogen and oxygen atoms in total. The second-order valence-corrected chi connectivity index (χ2v) is 6.11. The van der Waals surface area contributed by atoms with Crippen LogP contribution in [0.4, 0.5) is 10.5 Å². The number of benzene rings is 1. The molecule has 2 atom stereocenters. The van der Waals surface area contributed by atoms with Crippen LogP contribution in [0.2, 0.25) is 0 Å². The van der Waals surface area contributed by atoms with Crippen molar-refractivity contribution in [2.75, 3.05) is 5.32 Å². The summed E-state index contributed by atoms with van der Waals surface area (Å²) in [4.78, 5) is 13.2. The second-order valence-electron chi connectivity index (χ2n) is 5.08. The molecule has 0 saturated heterocycles. The van der Waals surface area contributed by atoms with Gasteiger partial charge in [0.1, 0.15) is 0 Å². The van der Waals surface area contributed by atoms with Crippen molar-refractivity contribution in [1.29, 1.82) is 0 Å². The predicted molar refractivity (Wildman–Crippen MR) is 86.7 cm³/mol. The standard InChI is InChI=1S/C16H20N2O2S/c1-11(10-15-4-3-9-21-15)17-16(20)18-14-7-5-13(6-8-14)12(2)19/h3-9,11-12,19H,10H2,1-2H3,(H2,17,18,20). The van der Waals surface area contributed by atoms with Crippen molar-refractivity contribution in [3.63, 3.8) is 0 Å². The summed E-state index contributed by atoms with van der Waals surface area (Å²) >= 11 is 1.69. The Balaban J connectivity index is 1.83. The zero-order valence-corrected chi connectivity index (χ0v) is 13.0. The third-order valence-corrected chi connectivity index (χ3v) is 4.01. The van der Waals surface area contributed by atoms with E-state index in [0.717, 1.165) is 12.0 Å². The number of thiophene rings is 1. The van der Waals surface area contributed by atoms with Crippen molar-refractivity contribution in [1.82, 2.24) is 5.32 Å². The molecule has 0 aliphatic heterocycles. The molecule has 2 aromatic rings. The molecule has 1 heterocycles. The maximum Gasteiger partial charge on any atom is 0.319 e. The van der Waals surface area contributed by atoms with Crippen LogP contribution in [-0.2, 0) is 6.42 Å². The van der Waals surface area contributed by atoms with Gasteiger partial charge in [-0.2, -0.15) is 0 Å². The lowest BCUT2D eigenvalue weighted by molar-refractivity contribution is 0.199. The topological polar surface area (TPSA) is 61.4 Å². The molecule has 0 bridgehead atoms. The summed E-state index contributed by atoms with van der Waals surface area (Å²) in [6, 6.07) is 11.1. The zero-order chi connectivity index (χ0) is 15.2. The normalized spacial score (nSPS) is 13.5. The summed E-state index contributed by atoms with van der Waals surface area (Å²) in [6.07, 6.45) is 0.324. The Hall–Kier alpha value is -1.85. The van der Waals surface area contributed by atoms with Crippen molar-refractivity contribution in [2.24, 2.45) is 0 Å². The van der Waals surface area contributed by atoms with Crippen LogP contribution in [0.15, 0.2) is 41.8 Å². The number of anilines is 1. The first-order chi connectivity index (χ1) is 10.0. The number of carbonyl (C=O) groups excluding carboxylic acids is 1. The van der Waals surface area contributed by atoms with Gasteiger partial charge in [-0.3, -0.25) is 0 Å². The van der Waals surface area contributed by atoms with Gasteiger partial charge in [-0.15, -0.1) is 11.3 Å². The fraction of sp³-hybridized carbons (Fsp3) is 0.312. The Labute approximate surface area is 128 Å². The number of nitrogens with one attached hydrogen (secondary N) is 2. The summed E-state index contributed by atoms with van der Waals surface area (Å²) in [5.74, 6) is 0. The van der Waals surface area contributed by atoms with Gasteiger partial charge < -0.3 is 15.7 Å². The molecule has 1 aromatic carbocycles. The SMILES string of the molecule is CC(Cc1cccs1)NC(=O)Nc1ccc(C(C)O)cc1. The van der Waals surface area contributed by atoms with E-state index in [9.17, 15) is 9.90 Å². The van der Waals surface area contributed by atoms with Crippen molar-refractivity contribution in [3.8, 4) is 0 Å². The average molecular weight is 304 g/mol. The Morgan fingerprint density at radius 2 is 1.95 bits per heavy atom. The minimum atomic E-state index is -0.501. The van der Waals surface area contributed by atoms with Crippen LogP contribution in [-0.4, -0.2) is 17.2 Å². The maximum absolute atomic E-state index is 11.9. The molecule has 112 valence electrons. The van der Waals surface area contributed by atoms with Crippen LogP contribution >= 0.6 is 11.3 Å². The van der Waals surface area contributed by atoms with Gasteiger partial charge in [-0.1, -0.05) is 18.2 Å². The lowest BCUT2D eigenvalue weighted by Crippen LogP contribution is -2.37. The lowest BCUT2D eigenvalue weighted by Gasteiger charge is -2.14. The zero-order valence-electron chi connectivity index (χ0n) is 12.2. The van der Waals surface area contributed by atoms with Gasteiger partial charge in [0.05, 0.1) is 6.10 Å². The Morgan fingerprint density at radius 1 is 1.24 bits per heavy atom. The molecule has 0 radical (unpaired) electrons. The molecule has 5 heteroatoms. The highest BCUT2D eigenvalue weighted by atomic mass is 32.1. The Kier molecular flexibility index (Phi) is 5.36. The molecule has 0 saturated carbocycles. The van der Waals surface area contributed by atoms with Crippen LogP contribution in [0.3, 0.4) is 0 Å². The Bertz CT molecular complexity index is 564. The van der Waals surface area contributed by atoms with Gasteiger partial charge in [0, 0.05) is 23.0 Å². The van der Waals surface area contributed by atoms with E-state index < -0.39 is 6.10 Å². The van der Waals surface area contributed by atoms with E-state index in [1.54, 1.807) is 42.5 Å². The first kappa shape index (κ1) is 15.5. The molecule has 2 unspecified atom stereocenters. The molecule has 0 spiro atoms. The maximum atomic E-state index is 11.9. The highest BCUT2D eigenvalue weighted by Crippen LogP contribution is 2.15. The summed E-state index contributed by atoms with van der Waals surface area (Å²) in [7, 11) is 0. The first-order valence-corrected chi connectivity index (χ1v) is 7.80. The lowest BCUT2D eigenvalue weighted by atomic mass is 10.1. The van der Waals surface area contributed by atoms with E-state index in [0.29, 0.717) is 5.69 Å². The van der Waals surface area contributed by atoms with E-state index in [1.807, 2.05) is 18.4 Å². The monoisotopic (exact) mass is 304 g/mol. The fourth-order valence-corrected chi connectivity index (χ4v) is 2.85. The highest BCUT2D eigenvalue weighted by molar-refractivity contribution is 7.09. The minimum absolute atomic E-state index is 0.0698. The number of aliphatic hydroxyl groups is 1. The third-order valence-electron chi connectivity index (χ3n) is 3.12. The fourth-order valence-electron chi connectivity index (χ4n) is 2.02. The molecule has 3 N–H and O–H groups in total. The number of aliphatic hydroxyl groups excluding tert-OH is 1. The largest absolute Gasteiger partial charge is 0.389 e. The molecule has 0 fully saturated rings. The van der Waals surface area contributed by atoms with Crippen molar-refractivity contribution in [2.45, 2.75) is 32.4 Å². The molecule has 2 amide bonds. The quantitative estimate of drug-likeness (QED) is 0.791.